The van der Waals surface area contributed by atoms with Gasteiger partial charge in [-0.15, -0.1) is 0 Å². The van der Waals surface area contributed by atoms with E-state index in [1.807, 2.05) is 60.7 Å². The van der Waals surface area contributed by atoms with Crippen LogP contribution >= 0.6 is 0 Å². The fourth-order valence-corrected chi connectivity index (χ4v) is 3.85. The minimum atomic E-state index is -0.447. The Morgan fingerprint density at radius 3 is 2.32 bits per heavy atom. The zero-order chi connectivity index (χ0) is 17.6. The SMILES string of the molecule is CN1[C@@H](CC(=O)c2ccccc2)CCC[C@@H]1C[C@H](O)c1ccccc1. The van der Waals surface area contributed by atoms with Gasteiger partial charge in [-0.3, -0.25) is 9.69 Å². The Morgan fingerprint density at radius 2 is 1.64 bits per heavy atom. The van der Waals surface area contributed by atoms with Crippen LogP contribution in [0.25, 0.3) is 0 Å². The largest absolute Gasteiger partial charge is 0.388 e. The number of piperidine rings is 1. The molecule has 1 fully saturated rings. The Hall–Kier alpha value is -1.97. The van der Waals surface area contributed by atoms with E-state index in [1.165, 1.54) is 0 Å². The second kappa shape index (κ2) is 8.41. The number of hydrogen-bond acceptors (Lipinski definition) is 3. The Bertz CT molecular complexity index is 671. The maximum absolute atomic E-state index is 12.5. The number of likely N-dealkylation sites (tertiary alicyclic amines) is 1. The Morgan fingerprint density at radius 1 is 1.04 bits per heavy atom. The second-order valence-corrected chi connectivity index (χ2v) is 7.06. The van der Waals surface area contributed by atoms with Crippen LogP contribution in [-0.2, 0) is 0 Å². The molecule has 2 aromatic rings. The minimum Gasteiger partial charge on any atom is -0.388 e. The van der Waals surface area contributed by atoms with Gasteiger partial charge < -0.3 is 5.11 Å². The van der Waals surface area contributed by atoms with Gasteiger partial charge in [-0.05, 0) is 31.9 Å². The molecule has 1 saturated heterocycles. The first-order chi connectivity index (χ1) is 12.1. The standard InChI is InChI=1S/C22H27NO2/c1-23-19(15-21(24)17-9-4-2-5-10-17)13-8-14-20(23)16-22(25)18-11-6-3-7-12-18/h2-7,9-12,19-21,24H,8,13-16H2,1H3/t19-,20-,21+/m1/s1. The van der Waals surface area contributed by atoms with E-state index in [2.05, 4.69) is 11.9 Å². The van der Waals surface area contributed by atoms with Crippen molar-refractivity contribution in [3.8, 4) is 0 Å². The fourth-order valence-electron chi connectivity index (χ4n) is 3.85. The number of aliphatic hydroxyl groups excluding tert-OH is 1. The molecule has 0 aromatic heterocycles. The van der Waals surface area contributed by atoms with Crippen LogP contribution in [0.2, 0.25) is 0 Å². The molecule has 132 valence electrons. The van der Waals surface area contributed by atoms with Gasteiger partial charge in [0.2, 0.25) is 0 Å². The number of Topliss-reactive ketones (excluding diaryl/α,β-unsaturated/α-hetero) is 1. The maximum atomic E-state index is 12.5. The minimum absolute atomic E-state index is 0.210. The second-order valence-electron chi connectivity index (χ2n) is 7.06. The molecule has 0 radical (unpaired) electrons. The van der Waals surface area contributed by atoms with E-state index >= 15 is 0 Å². The van der Waals surface area contributed by atoms with E-state index in [-0.39, 0.29) is 11.8 Å². The molecule has 1 heterocycles. The van der Waals surface area contributed by atoms with Gasteiger partial charge in [0.1, 0.15) is 0 Å². The lowest BCUT2D eigenvalue weighted by Gasteiger charge is -2.40. The van der Waals surface area contributed by atoms with E-state index in [9.17, 15) is 9.90 Å². The molecular weight excluding hydrogens is 310 g/mol. The molecule has 25 heavy (non-hydrogen) atoms. The van der Waals surface area contributed by atoms with Crippen LogP contribution < -0.4 is 0 Å². The summed E-state index contributed by atoms with van der Waals surface area (Å²) >= 11 is 0. The van der Waals surface area contributed by atoms with Crippen LogP contribution in [0.5, 0.6) is 0 Å². The summed E-state index contributed by atoms with van der Waals surface area (Å²) in [6, 6.07) is 20.0. The van der Waals surface area contributed by atoms with E-state index in [0.717, 1.165) is 36.8 Å². The van der Waals surface area contributed by atoms with Crippen molar-refractivity contribution in [1.82, 2.24) is 4.90 Å². The van der Waals surface area contributed by atoms with Gasteiger partial charge >= 0.3 is 0 Å². The summed E-state index contributed by atoms with van der Waals surface area (Å²) in [4.78, 5) is 14.8. The Balaban J connectivity index is 1.61. The van der Waals surface area contributed by atoms with E-state index in [1.54, 1.807) is 0 Å². The van der Waals surface area contributed by atoms with Crippen LogP contribution in [0.3, 0.4) is 0 Å². The molecule has 0 spiro atoms. The van der Waals surface area contributed by atoms with Gasteiger partial charge in [-0.25, -0.2) is 0 Å². The molecule has 0 saturated carbocycles. The number of benzene rings is 2. The first kappa shape index (κ1) is 17.8. The lowest BCUT2D eigenvalue weighted by molar-refractivity contribution is 0.0549. The van der Waals surface area contributed by atoms with Crippen LogP contribution in [0.15, 0.2) is 60.7 Å². The molecular formula is C22H27NO2. The lowest BCUT2D eigenvalue weighted by Crippen LogP contribution is -2.45. The maximum Gasteiger partial charge on any atom is 0.164 e. The highest BCUT2D eigenvalue weighted by Gasteiger charge is 2.30. The molecule has 3 heteroatoms. The van der Waals surface area contributed by atoms with Gasteiger partial charge in [0.15, 0.2) is 5.78 Å². The Labute approximate surface area is 150 Å². The normalized spacial score (nSPS) is 22.5. The van der Waals surface area contributed by atoms with Crippen LogP contribution in [0.4, 0.5) is 0 Å². The average Bonchev–Trinajstić information content (AvgIpc) is 2.66. The highest BCUT2D eigenvalue weighted by Crippen LogP contribution is 2.30. The molecule has 3 nitrogen and oxygen atoms in total. The predicted molar refractivity (Wildman–Crippen MR) is 101 cm³/mol. The van der Waals surface area contributed by atoms with Gasteiger partial charge in [0.25, 0.3) is 0 Å². The summed E-state index contributed by atoms with van der Waals surface area (Å²) in [5, 5.41) is 10.5. The highest BCUT2D eigenvalue weighted by atomic mass is 16.3. The van der Waals surface area contributed by atoms with E-state index in [0.29, 0.717) is 12.5 Å². The summed E-state index contributed by atoms with van der Waals surface area (Å²) < 4.78 is 0. The molecule has 0 amide bonds. The van der Waals surface area contributed by atoms with Crippen molar-refractivity contribution >= 4 is 5.78 Å². The molecule has 1 aliphatic heterocycles. The molecule has 0 aliphatic carbocycles. The molecule has 0 bridgehead atoms. The summed E-state index contributed by atoms with van der Waals surface area (Å²) in [6.45, 7) is 0. The predicted octanol–water partition coefficient (Wildman–Crippen LogP) is 4.24. The fraction of sp³-hybridized carbons (Fsp3) is 0.409. The first-order valence-electron chi connectivity index (χ1n) is 9.18. The monoisotopic (exact) mass is 337 g/mol. The van der Waals surface area contributed by atoms with Crippen molar-refractivity contribution in [2.24, 2.45) is 0 Å². The third-order valence-electron chi connectivity index (χ3n) is 5.42. The number of carbonyl (C=O) groups excluding carboxylic acids is 1. The summed E-state index contributed by atoms with van der Waals surface area (Å²) in [6.07, 6.45) is 4.07. The van der Waals surface area contributed by atoms with Crippen molar-refractivity contribution in [2.75, 3.05) is 7.05 Å². The number of rotatable bonds is 6. The van der Waals surface area contributed by atoms with Crippen molar-refractivity contribution in [3.05, 3.63) is 71.8 Å². The van der Waals surface area contributed by atoms with Crippen molar-refractivity contribution in [2.45, 2.75) is 50.3 Å². The summed E-state index contributed by atoms with van der Waals surface area (Å²) in [7, 11) is 2.10. The van der Waals surface area contributed by atoms with E-state index < -0.39 is 6.10 Å². The molecule has 3 atom stereocenters. The van der Waals surface area contributed by atoms with Crippen LogP contribution in [-0.4, -0.2) is 34.9 Å². The summed E-state index contributed by atoms with van der Waals surface area (Å²) in [5.74, 6) is 0.210. The van der Waals surface area contributed by atoms with Gasteiger partial charge in [0, 0.05) is 24.1 Å². The third kappa shape index (κ3) is 4.56. The number of carbonyl (C=O) groups is 1. The quantitative estimate of drug-likeness (QED) is 0.802. The number of ketones is 1. The molecule has 3 rings (SSSR count). The molecule has 2 aromatic carbocycles. The molecule has 0 unspecified atom stereocenters. The van der Waals surface area contributed by atoms with Crippen LogP contribution in [0, 0.1) is 0 Å². The first-order valence-corrected chi connectivity index (χ1v) is 9.18. The zero-order valence-corrected chi connectivity index (χ0v) is 14.8. The van der Waals surface area contributed by atoms with Gasteiger partial charge in [-0.1, -0.05) is 67.1 Å². The number of aliphatic hydroxyl groups is 1. The van der Waals surface area contributed by atoms with Gasteiger partial charge in [-0.2, -0.15) is 0 Å². The zero-order valence-electron chi connectivity index (χ0n) is 14.8. The van der Waals surface area contributed by atoms with E-state index in [4.69, 9.17) is 0 Å². The highest BCUT2D eigenvalue weighted by molar-refractivity contribution is 5.96. The lowest BCUT2D eigenvalue weighted by atomic mass is 9.88. The van der Waals surface area contributed by atoms with Crippen molar-refractivity contribution < 1.29 is 9.90 Å². The van der Waals surface area contributed by atoms with Crippen LogP contribution in [0.1, 0.15) is 54.1 Å². The molecule has 1 N–H and O–H groups in total. The Kier molecular flexibility index (Phi) is 6.00. The average molecular weight is 337 g/mol. The van der Waals surface area contributed by atoms with Gasteiger partial charge in [0.05, 0.1) is 6.10 Å². The van der Waals surface area contributed by atoms with Crippen molar-refractivity contribution in [3.63, 3.8) is 0 Å². The summed E-state index contributed by atoms with van der Waals surface area (Å²) in [5.41, 5.74) is 1.76. The topological polar surface area (TPSA) is 40.5 Å². The molecule has 1 aliphatic rings. The smallest absolute Gasteiger partial charge is 0.164 e. The third-order valence-corrected chi connectivity index (χ3v) is 5.42. The number of hydrogen-bond donors (Lipinski definition) is 1. The number of nitrogens with zero attached hydrogens (tertiary/aromatic N) is 1. The van der Waals surface area contributed by atoms with Crippen molar-refractivity contribution in [1.29, 1.82) is 0 Å².